The van der Waals surface area contributed by atoms with Crippen LogP contribution in [0.2, 0.25) is 0 Å². The number of carbonyl (C=O) groups is 3. The van der Waals surface area contributed by atoms with Crippen molar-refractivity contribution in [3.05, 3.63) is 99.6 Å². The summed E-state index contributed by atoms with van der Waals surface area (Å²) < 4.78 is 16.5. The molecular formula is C31H33N3O8. The van der Waals surface area contributed by atoms with E-state index in [1.54, 1.807) is 45.0 Å². The Labute approximate surface area is 243 Å². The summed E-state index contributed by atoms with van der Waals surface area (Å²) in [5.74, 6) is -0.971. The van der Waals surface area contributed by atoms with Crippen molar-refractivity contribution in [1.82, 2.24) is 10.2 Å². The fourth-order valence-corrected chi connectivity index (χ4v) is 4.55. The molecule has 0 aromatic heterocycles. The molecule has 220 valence electrons. The quantitative estimate of drug-likeness (QED) is 0.256. The number of hydrogen-bond acceptors (Lipinski definition) is 8. The first-order valence-corrected chi connectivity index (χ1v) is 13.4. The number of fused-ring (bicyclic) bond motifs is 7. The van der Waals surface area contributed by atoms with Crippen molar-refractivity contribution in [2.24, 2.45) is 0 Å². The maximum absolute atomic E-state index is 14.0. The molecule has 5 rings (SSSR count). The summed E-state index contributed by atoms with van der Waals surface area (Å²) in [6.45, 7) is 5.29. The summed E-state index contributed by atoms with van der Waals surface area (Å²) in [6, 6.07) is 17.9. The highest BCUT2D eigenvalue weighted by Gasteiger charge is 2.36. The first-order chi connectivity index (χ1) is 19.9. The number of nitrogens with one attached hydrogen (secondary N) is 1. The average Bonchev–Trinajstić information content (AvgIpc) is 2.94. The maximum atomic E-state index is 14.0. The minimum Gasteiger partial charge on any atom is -0.467 e. The lowest BCUT2D eigenvalue weighted by Crippen LogP contribution is -2.55. The average molecular weight is 576 g/mol. The molecule has 2 atom stereocenters. The van der Waals surface area contributed by atoms with Gasteiger partial charge in [0.25, 0.3) is 0 Å². The van der Waals surface area contributed by atoms with E-state index in [0.717, 1.165) is 5.56 Å². The van der Waals surface area contributed by atoms with Crippen molar-refractivity contribution < 1.29 is 33.5 Å². The summed E-state index contributed by atoms with van der Waals surface area (Å²) in [7, 11) is 1.20. The lowest BCUT2D eigenvalue weighted by molar-refractivity contribution is -0.385. The highest BCUT2D eigenvalue weighted by atomic mass is 16.6. The normalized spacial score (nSPS) is 16.8. The van der Waals surface area contributed by atoms with Crippen LogP contribution < -0.4 is 10.1 Å². The molecule has 42 heavy (non-hydrogen) atoms. The van der Waals surface area contributed by atoms with Gasteiger partial charge in [-0.05, 0) is 55.7 Å². The largest absolute Gasteiger partial charge is 0.467 e. The predicted molar refractivity (Wildman–Crippen MR) is 153 cm³/mol. The first kappa shape index (κ1) is 30.0. The molecule has 0 unspecified atom stereocenters. The fourth-order valence-electron chi connectivity index (χ4n) is 4.55. The summed E-state index contributed by atoms with van der Waals surface area (Å²) in [5.41, 5.74) is 0.874. The second kappa shape index (κ2) is 12.7. The van der Waals surface area contributed by atoms with Gasteiger partial charge in [-0.2, -0.15) is 0 Å². The van der Waals surface area contributed by atoms with Crippen molar-refractivity contribution in [2.45, 2.75) is 57.8 Å². The molecule has 1 N–H and O–H groups in total. The van der Waals surface area contributed by atoms with E-state index in [1.165, 1.54) is 30.2 Å². The molecule has 3 aromatic rings. The topological polar surface area (TPSA) is 137 Å². The first-order valence-electron chi connectivity index (χ1n) is 13.4. The highest BCUT2D eigenvalue weighted by Crippen LogP contribution is 2.33. The van der Waals surface area contributed by atoms with Crippen LogP contribution in [0.1, 0.15) is 37.5 Å². The van der Waals surface area contributed by atoms with Crippen LogP contribution in [0.4, 0.5) is 10.5 Å². The molecule has 0 aliphatic carbocycles. The summed E-state index contributed by atoms with van der Waals surface area (Å²) >= 11 is 0. The van der Waals surface area contributed by atoms with E-state index in [2.05, 4.69) is 5.32 Å². The Morgan fingerprint density at radius 2 is 1.69 bits per heavy atom. The fraction of sp³-hybridized carbons (Fsp3) is 0.323. The van der Waals surface area contributed by atoms with Crippen LogP contribution >= 0.6 is 0 Å². The molecule has 2 aliphatic rings. The standard InChI is InChI=1S/C31H33N3O8/c1-31(2,3)42-30(37)33(19-21-8-6-5-7-9-21)26-17-20-10-13-23(14-11-20)41-27-18-22(12-15-25(27)34(38)39)16-24(29(36)40-4)32-28(26)35/h5-15,18,24,26H,16-17,19H2,1-4H3,(H,32,35)/t24-,26+/m1/s1. The Kier molecular flexibility index (Phi) is 9.09. The van der Waals surface area contributed by atoms with Crippen LogP contribution in [-0.2, 0) is 38.4 Å². The van der Waals surface area contributed by atoms with Gasteiger partial charge in [0.05, 0.1) is 12.0 Å². The monoisotopic (exact) mass is 575 g/mol. The van der Waals surface area contributed by atoms with Crippen molar-refractivity contribution >= 4 is 23.7 Å². The second-order valence-electron chi connectivity index (χ2n) is 10.9. The van der Waals surface area contributed by atoms with Crippen LogP contribution in [0.25, 0.3) is 0 Å². The van der Waals surface area contributed by atoms with Crippen molar-refractivity contribution in [3.8, 4) is 11.5 Å². The number of ether oxygens (including phenoxy) is 3. The Balaban J connectivity index is 1.80. The number of benzene rings is 3. The lowest BCUT2D eigenvalue weighted by Gasteiger charge is -2.34. The minimum absolute atomic E-state index is 0.00547. The van der Waals surface area contributed by atoms with Gasteiger partial charge >= 0.3 is 17.7 Å². The van der Waals surface area contributed by atoms with Gasteiger partial charge in [0.15, 0.2) is 0 Å². The van der Waals surface area contributed by atoms with Gasteiger partial charge < -0.3 is 19.5 Å². The van der Waals surface area contributed by atoms with E-state index in [4.69, 9.17) is 14.2 Å². The number of methoxy groups -OCH3 is 1. The Morgan fingerprint density at radius 3 is 2.31 bits per heavy atom. The molecule has 0 saturated heterocycles. The van der Waals surface area contributed by atoms with E-state index < -0.39 is 40.6 Å². The van der Waals surface area contributed by atoms with Crippen LogP contribution in [-0.4, -0.2) is 52.6 Å². The number of nitro benzene ring substituents is 1. The van der Waals surface area contributed by atoms with E-state index in [0.29, 0.717) is 16.9 Å². The van der Waals surface area contributed by atoms with E-state index in [-0.39, 0.29) is 30.8 Å². The Hall–Kier alpha value is -4.93. The number of nitrogens with zero attached hydrogens (tertiary/aromatic N) is 2. The van der Waals surface area contributed by atoms with E-state index in [9.17, 15) is 24.5 Å². The summed E-state index contributed by atoms with van der Waals surface area (Å²) in [5, 5.41) is 14.4. The zero-order chi connectivity index (χ0) is 30.4. The minimum atomic E-state index is -1.15. The molecule has 0 fully saturated rings. The van der Waals surface area contributed by atoms with Crippen LogP contribution in [0.15, 0.2) is 72.8 Å². The molecular weight excluding hydrogens is 542 g/mol. The van der Waals surface area contributed by atoms with Gasteiger partial charge in [-0.1, -0.05) is 48.5 Å². The molecule has 11 heteroatoms. The lowest BCUT2D eigenvalue weighted by atomic mass is 10.0. The number of amides is 2. The summed E-state index contributed by atoms with van der Waals surface area (Å²) in [6.07, 6.45) is -0.651. The van der Waals surface area contributed by atoms with Gasteiger partial charge in [0.2, 0.25) is 11.7 Å². The Morgan fingerprint density at radius 1 is 1.02 bits per heavy atom. The zero-order valence-electron chi connectivity index (χ0n) is 23.9. The van der Waals surface area contributed by atoms with Gasteiger partial charge in [-0.25, -0.2) is 9.59 Å². The van der Waals surface area contributed by atoms with Crippen LogP contribution in [0, 0.1) is 10.1 Å². The van der Waals surface area contributed by atoms with Gasteiger partial charge in [-0.3, -0.25) is 19.8 Å². The smallest absolute Gasteiger partial charge is 0.411 e. The number of rotatable bonds is 5. The SMILES string of the molecule is COC(=O)[C@H]1Cc2ccc([N+](=O)[O-])c(c2)Oc2ccc(cc2)C[C@H](N(Cc2ccccc2)C(=O)OC(C)(C)C)C(=O)N1. The highest BCUT2D eigenvalue weighted by molar-refractivity contribution is 5.90. The van der Waals surface area contributed by atoms with Gasteiger partial charge in [-0.15, -0.1) is 0 Å². The van der Waals surface area contributed by atoms with Crippen molar-refractivity contribution in [3.63, 3.8) is 0 Å². The third kappa shape index (κ3) is 7.62. The number of nitro groups is 1. The third-order valence-corrected chi connectivity index (χ3v) is 6.55. The molecule has 0 saturated carbocycles. The molecule has 0 spiro atoms. The van der Waals surface area contributed by atoms with Crippen LogP contribution in [0.3, 0.4) is 0 Å². The zero-order valence-corrected chi connectivity index (χ0v) is 23.9. The van der Waals surface area contributed by atoms with Crippen molar-refractivity contribution in [2.75, 3.05) is 7.11 Å². The maximum Gasteiger partial charge on any atom is 0.411 e. The molecule has 11 nitrogen and oxygen atoms in total. The van der Waals surface area contributed by atoms with Crippen molar-refractivity contribution in [1.29, 1.82) is 0 Å². The molecule has 3 aromatic carbocycles. The predicted octanol–water partition coefficient (Wildman–Crippen LogP) is 4.95. The molecule has 2 heterocycles. The second-order valence-corrected chi connectivity index (χ2v) is 10.9. The van der Waals surface area contributed by atoms with E-state index in [1.807, 2.05) is 30.3 Å². The molecule has 4 bridgehead atoms. The summed E-state index contributed by atoms with van der Waals surface area (Å²) in [4.78, 5) is 52.8. The van der Waals surface area contributed by atoms with E-state index >= 15 is 0 Å². The molecule has 0 radical (unpaired) electrons. The molecule has 2 aliphatic heterocycles. The molecule has 2 amide bonds. The number of hydrogen-bond donors (Lipinski definition) is 1. The van der Waals surface area contributed by atoms with Crippen LogP contribution in [0.5, 0.6) is 11.5 Å². The Bertz CT molecular complexity index is 1450. The van der Waals surface area contributed by atoms with Gasteiger partial charge in [0.1, 0.15) is 23.4 Å². The number of esters is 1. The van der Waals surface area contributed by atoms with Gasteiger partial charge in [0, 0.05) is 25.5 Å². The number of carbonyl (C=O) groups excluding carboxylic acids is 3. The third-order valence-electron chi connectivity index (χ3n) is 6.55.